The zero-order valence-corrected chi connectivity index (χ0v) is 18.6. The molecule has 4 amide bonds. The van der Waals surface area contributed by atoms with Gasteiger partial charge in [0.2, 0.25) is 23.6 Å². The molecule has 0 aromatic carbocycles. The van der Waals surface area contributed by atoms with Gasteiger partial charge in [0.25, 0.3) is 0 Å². The molecule has 0 aromatic heterocycles. The molecule has 0 aromatic rings. The van der Waals surface area contributed by atoms with Crippen LogP contribution in [-0.4, -0.2) is 64.6 Å². The number of nitrogens with two attached hydrogens (primary N) is 2. The van der Waals surface area contributed by atoms with Crippen molar-refractivity contribution in [2.75, 3.05) is 5.75 Å². The van der Waals surface area contributed by atoms with E-state index < -0.39 is 59.7 Å². The third-order valence-corrected chi connectivity index (χ3v) is 4.74. The molecular formula is C18H33N5O6S. The van der Waals surface area contributed by atoms with Crippen LogP contribution >= 0.6 is 12.6 Å². The van der Waals surface area contributed by atoms with E-state index in [-0.39, 0.29) is 24.5 Å². The summed E-state index contributed by atoms with van der Waals surface area (Å²) in [5.74, 6) is -4.64. The first-order valence-corrected chi connectivity index (χ1v) is 10.2. The predicted molar refractivity (Wildman–Crippen MR) is 113 cm³/mol. The minimum Gasteiger partial charge on any atom is -0.480 e. The first-order valence-electron chi connectivity index (χ1n) is 9.60. The fourth-order valence-electron chi connectivity index (χ4n) is 2.36. The summed E-state index contributed by atoms with van der Waals surface area (Å²) in [4.78, 5) is 59.8. The second-order valence-electron chi connectivity index (χ2n) is 7.65. The van der Waals surface area contributed by atoms with E-state index in [1.54, 1.807) is 27.7 Å². The Bertz CT molecular complexity index is 643. The molecule has 4 atom stereocenters. The molecule has 0 fully saturated rings. The number of aliphatic carboxylic acids is 1. The molecule has 0 spiro atoms. The maximum absolute atomic E-state index is 12.6. The molecule has 12 heteroatoms. The zero-order valence-electron chi connectivity index (χ0n) is 17.7. The van der Waals surface area contributed by atoms with Crippen LogP contribution in [0.3, 0.4) is 0 Å². The van der Waals surface area contributed by atoms with E-state index in [9.17, 15) is 29.1 Å². The van der Waals surface area contributed by atoms with Crippen molar-refractivity contribution >= 4 is 42.2 Å². The first-order chi connectivity index (χ1) is 13.8. The van der Waals surface area contributed by atoms with Gasteiger partial charge in [0.1, 0.15) is 18.1 Å². The molecule has 0 saturated heterocycles. The van der Waals surface area contributed by atoms with Gasteiger partial charge < -0.3 is 32.5 Å². The minimum atomic E-state index is -1.23. The van der Waals surface area contributed by atoms with E-state index in [0.29, 0.717) is 0 Å². The van der Waals surface area contributed by atoms with Crippen molar-refractivity contribution in [2.24, 2.45) is 23.3 Å². The van der Waals surface area contributed by atoms with E-state index >= 15 is 0 Å². The summed E-state index contributed by atoms with van der Waals surface area (Å²) >= 11 is 4.05. The molecular weight excluding hydrogens is 414 g/mol. The molecule has 11 nitrogen and oxygen atoms in total. The second-order valence-corrected chi connectivity index (χ2v) is 8.01. The summed E-state index contributed by atoms with van der Waals surface area (Å²) in [5, 5.41) is 16.5. The van der Waals surface area contributed by atoms with Gasteiger partial charge in [0.05, 0.1) is 6.04 Å². The van der Waals surface area contributed by atoms with Crippen LogP contribution in [-0.2, 0) is 24.0 Å². The van der Waals surface area contributed by atoms with E-state index in [1.807, 2.05) is 0 Å². The highest BCUT2D eigenvalue weighted by Gasteiger charge is 2.31. The molecule has 0 aliphatic heterocycles. The quantitative estimate of drug-likeness (QED) is 0.164. The number of thiol groups is 1. The van der Waals surface area contributed by atoms with Crippen molar-refractivity contribution in [3.63, 3.8) is 0 Å². The highest BCUT2D eigenvalue weighted by Crippen LogP contribution is 2.06. The molecule has 0 radical (unpaired) electrons. The fourth-order valence-corrected chi connectivity index (χ4v) is 2.62. The lowest BCUT2D eigenvalue weighted by atomic mass is 10.0. The zero-order chi connectivity index (χ0) is 23.6. The van der Waals surface area contributed by atoms with Crippen molar-refractivity contribution in [3.05, 3.63) is 0 Å². The van der Waals surface area contributed by atoms with Gasteiger partial charge in [0, 0.05) is 12.2 Å². The van der Waals surface area contributed by atoms with Crippen LogP contribution in [0.2, 0.25) is 0 Å². The molecule has 0 heterocycles. The van der Waals surface area contributed by atoms with Gasteiger partial charge >= 0.3 is 5.97 Å². The normalized spacial score (nSPS) is 15.1. The number of carboxylic acids is 1. The van der Waals surface area contributed by atoms with Crippen LogP contribution in [0.4, 0.5) is 0 Å². The summed E-state index contributed by atoms with van der Waals surface area (Å²) in [6.45, 7) is 6.72. The van der Waals surface area contributed by atoms with Gasteiger partial charge in [0.15, 0.2) is 0 Å². The molecule has 0 rings (SSSR count). The fraction of sp³-hybridized carbons (Fsp3) is 0.722. The lowest BCUT2D eigenvalue weighted by Gasteiger charge is -2.25. The standard InChI is InChI=1S/C18H33N5O6S/c1-8(2)13(20)17(27)22-11(7-30)16(26)21-10(5-6-12(19)24)15(25)23-14(9(3)4)18(28)29/h8-11,13-14,30H,5-7,20H2,1-4H3,(H2,19,24)(H,21,26)(H,22,27)(H,23,25)(H,28,29). The van der Waals surface area contributed by atoms with Gasteiger partial charge in [-0.3, -0.25) is 19.2 Å². The van der Waals surface area contributed by atoms with Gasteiger partial charge in [-0.2, -0.15) is 12.6 Å². The second kappa shape index (κ2) is 13.1. The Morgan fingerprint density at radius 2 is 1.37 bits per heavy atom. The molecule has 0 aliphatic carbocycles. The predicted octanol–water partition coefficient (Wildman–Crippen LogP) is -1.64. The molecule has 0 saturated carbocycles. The van der Waals surface area contributed by atoms with Crippen LogP contribution < -0.4 is 27.4 Å². The van der Waals surface area contributed by atoms with Crippen molar-refractivity contribution < 1.29 is 29.1 Å². The Morgan fingerprint density at radius 1 is 0.867 bits per heavy atom. The first kappa shape index (κ1) is 27.7. The van der Waals surface area contributed by atoms with E-state index in [2.05, 4.69) is 28.6 Å². The Hall–Kier alpha value is -2.34. The highest BCUT2D eigenvalue weighted by atomic mass is 32.1. The molecule has 4 unspecified atom stereocenters. The van der Waals surface area contributed by atoms with E-state index in [0.717, 1.165) is 0 Å². The van der Waals surface area contributed by atoms with Crippen LogP contribution in [0.1, 0.15) is 40.5 Å². The Kier molecular flexibility index (Phi) is 12.0. The third kappa shape index (κ3) is 9.44. The van der Waals surface area contributed by atoms with Crippen LogP contribution in [0.25, 0.3) is 0 Å². The molecule has 172 valence electrons. The number of nitrogens with one attached hydrogen (secondary N) is 3. The van der Waals surface area contributed by atoms with E-state index in [1.165, 1.54) is 0 Å². The minimum absolute atomic E-state index is 0.0731. The highest BCUT2D eigenvalue weighted by molar-refractivity contribution is 7.80. The topological polar surface area (TPSA) is 194 Å². The maximum Gasteiger partial charge on any atom is 0.326 e. The van der Waals surface area contributed by atoms with E-state index in [4.69, 9.17) is 11.5 Å². The van der Waals surface area contributed by atoms with Crippen LogP contribution in [0.5, 0.6) is 0 Å². The number of carboxylic acid groups (broad SMARTS) is 1. The molecule has 0 aliphatic rings. The summed E-state index contributed by atoms with van der Waals surface area (Å²) in [7, 11) is 0. The Morgan fingerprint density at radius 3 is 1.77 bits per heavy atom. The monoisotopic (exact) mass is 447 g/mol. The molecule has 0 bridgehead atoms. The van der Waals surface area contributed by atoms with Crippen LogP contribution in [0.15, 0.2) is 0 Å². The van der Waals surface area contributed by atoms with Crippen molar-refractivity contribution in [2.45, 2.75) is 64.7 Å². The number of primary amides is 1. The van der Waals surface area contributed by atoms with Gasteiger partial charge in [-0.1, -0.05) is 27.7 Å². The summed E-state index contributed by atoms with van der Waals surface area (Å²) in [6.07, 6.45) is -0.357. The molecule has 8 N–H and O–H groups in total. The maximum atomic E-state index is 12.6. The van der Waals surface area contributed by atoms with Crippen molar-refractivity contribution in [3.8, 4) is 0 Å². The van der Waals surface area contributed by atoms with Crippen LogP contribution in [0, 0.1) is 11.8 Å². The summed E-state index contributed by atoms with van der Waals surface area (Å²) in [5.41, 5.74) is 10.9. The number of amides is 4. The van der Waals surface area contributed by atoms with Gasteiger partial charge in [-0.25, -0.2) is 4.79 Å². The SMILES string of the molecule is CC(C)C(N)C(=O)NC(CS)C(=O)NC(CCC(N)=O)C(=O)NC(C(=O)O)C(C)C. The Balaban J connectivity index is 5.34. The number of hydrogen-bond acceptors (Lipinski definition) is 7. The number of rotatable bonds is 13. The average molecular weight is 448 g/mol. The largest absolute Gasteiger partial charge is 0.480 e. The lowest BCUT2D eigenvalue weighted by molar-refractivity contribution is -0.143. The lowest BCUT2D eigenvalue weighted by Crippen LogP contribution is -2.58. The smallest absolute Gasteiger partial charge is 0.326 e. The summed E-state index contributed by atoms with van der Waals surface area (Å²) < 4.78 is 0. The third-order valence-electron chi connectivity index (χ3n) is 4.38. The Labute approximate surface area is 181 Å². The molecule has 30 heavy (non-hydrogen) atoms. The number of hydrogen-bond donors (Lipinski definition) is 7. The van der Waals surface area contributed by atoms with Gasteiger partial charge in [-0.05, 0) is 18.3 Å². The van der Waals surface area contributed by atoms with Crippen molar-refractivity contribution in [1.82, 2.24) is 16.0 Å². The average Bonchev–Trinajstić information content (AvgIpc) is 2.65. The summed E-state index contributed by atoms with van der Waals surface area (Å²) in [6, 6.07) is -4.34. The van der Waals surface area contributed by atoms with Crippen molar-refractivity contribution in [1.29, 1.82) is 0 Å². The van der Waals surface area contributed by atoms with Gasteiger partial charge in [-0.15, -0.1) is 0 Å². The number of carbonyl (C=O) groups excluding carboxylic acids is 4. The number of carbonyl (C=O) groups is 5.